The van der Waals surface area contributed by atoms with Crippen LogP contribution in [0.1, 0.15) is 39.5 Å². The predicted molar refractivity (Wildman–Crippen MR) is 75.9 cm³/mol. The summed E-state index contributed by atoms with van der Waals surface area (Å²) in [5, 5.41) is 0.296. The number of esters is 1. The maximum atomic E-state index is 11.8. The Labute approximate surface area is 114 Å². The molecule has 0 saturated heterocycles. The van der Waals surface area contributed by atoms with E-state index >= 15 is 0 Å². The number of thioether (sulfide) groups is 1. The number of rotatable bonds is 5. The van der Waals surface area contributed by atoms with Crippen molar-refractivity contribution in [2.75, 3.05) is 13.4 Å². The molecule has 0 heterocycles. The number of carbonyl (C=O) groups excluding carboxylic acids is 1. The summed E-state index contributed by atoms with van der Waals surface area (Å²) in [7, 11) is 1.75. The second-order valence-electron chi connectivity index (χ2n) is 4.94. The molecule has 4 heteroatoms. The van der Waals surface area contributed by atoms with Gasteiger partial charge < -0.3 is 9.47 Å². The van der Waals surface area contributed by atoms with Gasteiger partial charge in [-0.1, -0.05) is 13.5 Å². The average molecular weight is 272 g/mol. The van der Waals surface area contributed by atoms with Crippen LogP contribution in [0.3, 0.4) is 0 Å². The SMILES string of the molecule is C=C(C)C(=O)OC1(CC)CCC(OC)CC1SC. The molecule has 1 saturated carbocycles. The Morgan fingerprint density at radius 2 is 2.22 bits per heavy atom. The first-order valence-corrected chi connectivity index (χ1v) is 7.72. The van der Waals surface area contributed by atoms with Gasteiger partial charge in [-0.25, -0.2) is 4.79 Å². The summed E-state index contributed by atoms with van der Waals surface area (Å²) in [6.45, 7) is 7.44. The molecule has 0 aromatic heterocycles. The molecule has 0 aromatic carbocycles. The van der Waals surface area contributed by atoms with Crippen molar-refractivity contribution in [1.82, 2.24) is 0 Å². The Balaban J connectivity index is 2.84. The lowest BCUT2D eigenvalue weighted by atomic mass is 9.80. The van der Waals surface area contributed by atoms with E-state index in [9.17, 15) is 4.79 Å². The molecule has 0 bridgehead atoms. The number of hydrogen-bond donors (Lipinski definition) is 0. The maximum Gasteiger partial charge on any atom is 0.333 e. The van der Waals surface area contributed by atoms with Crippen LogP contribution < -0.4 is 0 Å². The highest BCUT2D eigenvalue weighted by atomic mass is 32.2. The topological polar surface area (TPSA) is 35.5 Å². The lowest BCUT2D eigenvalue weighted by Crippen LogP contribution is -2.49. The Kier molecular flexibility index (Phi) is 5.73. The smallest absolute Gasteiger partial charge is 0.333 e. The van der Waals surface area contributed by atoms with Gasteiger partial charge in [0.1, 0.15) is 5.60 Å². The molecule has 0 aliphatic heterocycles. The molecule has 104 valence electrons. The minimum Gasteiger partial charge on any atom is -0.455 e. The molecule has 0 aromatic rings. The molecule has 3 atom stereocenters. The fraction of sp³-hybridized carbons (Fsp3) is 0.786. The van der Waals surface area contributed by atoms with Crippen LogP contribution in [0.5, 0.6) is 0 Å². The highest BCUT2D eigenvalue weighted by molar-refractivity contribution is 7.99. The van der Waals surface area contributed by atoms with Gasteiger partial charge in [-0.15, -0.1) is 0 Å². The quantitative estimate of drug-likeness (QED) is 0.569. The Hall–Kier alpha value is -0.480. The van der Waals surface area contributed by atoms with Crippen molar-refractivity contribution in [3.05, 3.63) is 12.2 Å². The fourth-order valence-electron chi connectivity index (χ4n) is 2.53. The molecule has 0 spiro atoms. The Morgan fingerprint density at radius 3 is 2.67 bits per heavy atom. The molecule has 1 rings (SSSR count). The number of methoxy groups -OCH3 is 1. The summed E-state index contributed by atoms with van der Waals surface area (Å²) in [6, 6.07) is 0. The molecule has 0 radical (unpaired) electrons. The molecule has 3 nitrogen and oxygen atoms in total. The van der Waals surface area contributed by atoms with Crippen LogP contribution in [-0.4, -0.2) is 36.3 Å². The van der Waals surface area contributed by atoms with E-state index in [1.54, 1.807) is 25.8 Å². The van der Waals surface area contributed by atoms with Crippen molar-refractivity contribution in [1.29, 1.82) is 0 Å². The molecular weight excluding hydrogens is 248 g/mol. The van der Waals surface area contributed by atoms with Gasteiger partial charge in [0.2, 0.25) is 0 Å². The van der Waals surface area contributed by atoms with Crippen LogP contribution >= 0.6 is 11.8 Å². The molecule has 0 N–H and O–H groups in total. The van der Waals surface area contributed by atoms with Crippen LogP contribution in [0.15, 0.2) is 12.2 Å². The first kappa shape index (κ1) is 15.6. The molecule has 0 amide bonds. The van der Waals surface area contributed by atoms with Crippen LogP contribution in [-0.2, 0) is 14.3 Å². The van der Waals surface area contributed by atoms with Crippen molar-refractivity contribution >= 4 is 17.7 Å². The zero-order valence-corrected chi connectivity index (χ0v) is 12.6. The normalized spacial score (nSPS) is 32.0. The molecule has 3 unspecified atom stereocenters. The van der Waals surface area contributed by atoms with Crippen LogP contribution in [0.25, 0.3) is 0 Å². The van der Waals surface area contributed by atoms with Gasteiger partial charge in [-0.2, -0.15) is 11.8 Å². The fourth-order valence-corrected chi connectivity index (χ4v) is 3.70. The van der Waals surface area contributed by atoms with Crippen LogP contribution in [0, 0.1) is 0 Å². The summed E-state index contributed by atoms with van der Waals surface area (Å²) < 4.78 is 11.2. The van der Waals surface area contributed by atoms with Crippen molar-refractivity contribution in [2.24, 2.45) is 0 Å². The summed E-state index contributed by atoms with van der Waals surface area (Å²) in [5.74, 6) is -0.272. The predicted octanol–water partition coefficient (Wildman–Crippen LogP) is 3.19. The molecule has 18 heavy (non-hydrogen) atoms. The second-order valence-corrected chi connectivity index (χ2v) is 5.99. The first-order chi connectivity index (χ1) is 8.49. The number of ether oxygens (including phenoxy) is 2. The van der Waals surface area contributed by atoms with Gasteiger partial charge in [0.25, 0.3) is 0 Å². The lowest BCUT2D eigenvalue weighted by molar-refractivity contribution is -0.160. The molecule has 1 aliphatic carbocycles. The van der Waals surface area contributed by atoms with Crippen molar-refractivity contribution in [3.8, 4) is 0 Å². The van der Waals surface area contributed by atoms with Crippen LogP contribution in [0.4, 0.5) is 0 Å². The number of hydrogen-bond acceptors (Lipinski definition) is 4. The molecule has 1 aliphatic rings. The first-order valence-electron chi connectivity index (χ1n) is 6.43. The second kappa shape index (κ2) is 6.62. The summed E-state index contributed by atoms with van der Waals surface area (Å²) in [5.41, 5.74) is 0.112. The average Bonchev–Trinajstić information content (AvgIpc) is 2.38. The summed E-state index contributed by atoms with van der Waals surface area (Å²) in [6.07, 6.45) is 5.95. The van der Waals surface area contributed by atoms with Crippen molar-refractivity contribution < 1.29 is 14.3 Å². The van der Waals surface area contributed by atoms with E-state index in [0.717, 1.165) is 25.7 Å². The van der Waals surface area contributed by atoms with Gasteiger partial charge in [0, 0.05) is 17.9 Å². The minimum atomic E-state index is -0.357. The Morgan fingerprint density at radius 1 is 1.56 bits per heavy atom. The van der Waals surface area contributed by atoms with E-state index in [1.165, 1.54) is 0 Å². The van der Waals surface area contributed by atoms with E-state index in [1.807, 2.05) is 0 Å². The monoisotopic (exact) mass is 272 g/mol. The van der Waals surface area contributed by atoms with Gasteiger partial charge in [-0.05, 0) is 38.9 Å². The standard InChI is InChI=1S/C14H24O3S/c1-6-14(17-13(15)10(2)3)8-7-11(16-4)9-12(14)18-5/h11-12H,2,6-9H2,1,3-5H3. The van der Waals surface area contributed by atoms with Crippen LogP contribution in [0.2, 0.25) is 0 Å². The van der Waals surface area contributed by atoms with Crippen molar-refractivity contribution in [3.63, 3.8) is 0 Å². The highest BCUT2D eigenvalue weighted by Crippen LogP contribution is 2.41. The molecular formula is C14H24O3S. The van der Waals surface area contributed by atoms with Gasteiger partial charge >= 0.3 is 5.97 Å². The summed E-state index contributed by atoms with van der Waals surface area (Å²) in [4.78, 5) is 11.8. The van der Waals surface area contributed by atoms with E-state index < -0.39 is 0 Å². The van der Waals surface area contributed by atoms with E-state index in [0.29, 0.717) is 10.8 Å². The highest BCUT2D eigenvalue weighted by Gasteiger charge is 2.45. The minimum absolute atomic E-state index is 0.272. The third-order valence-corrected chi connectivity index (χ3v) is 5.01. The lowest BCUT2D eigenvalue weighted by Gasteiger charge is -2.44. The van der Waals surface area contributed by atoms with E-state index in [-0.39, 0.29) is 17.7 Å². The van der Waals surface area contributed by atoms with Gasteiger partial charge in [-0.3, -0.25) is 0 Å². The van der Waals surface area contributed by atoms with Gasteiger partial charge in [0.15, 0.2) is 0 Å². The Bertz CT molecular complexity index is 316. The maximum absolute atomic E-state index is 11.8. The largest absolute Gasteiger partial charge is 0.455 e. The third kappa shape index (κ3) is 3.29. The zero-order chi connectivity index (χ0) is 13.8. The molecule has 1 fully saturated rings. The van der Waals surface area contributed by atoms with Gasteiger partial charge in [0.05, 0.1) is 6.10 Å². The van der Waals surface area contributed by atoms with E-state index in [4.69, 9.17) is 9.47 Å². The van der Waals surface area contributed by atoms with Crippen molar-refractivity contribution in [2.45, 2.75) is 56.5 Å². The third-order valence-electron chi connectivity index (χ3n) is 3.81. The summed E-state index contributed by atoms with van der Waals surface area (Å²) >= 11 is 1.76. The number of carbonyl (C=O) groups is 1. The van der Waals surface area contributed by atoms with E-state index in [2.05, 4.69) is 19.8 Å². The zero-order valence-electron chi connectivity index (χ0n) is 11.8.